The van der Waals surface area contributed by atoms with Crippen molar-refractivity contribution in [1.29, 1.82) is 0 Å². The third-order valence-electron chi connectivity index (χ3n) is 3.48. The van der Waals surface area contributed by atoms with Gasteiger partial charge < -0.3 is 9.84 Å². The van der Waals surface area contributed by atoms with Crippen LogP contribution in [0.2, 0.25) is 5.02 Å². The van der Waals surface area contributed by atoms with Gasteiger partial charge in [0.1, 0.15) is 6.33 Å². The standard InChI is InChI=1S/C16H15ClN2O3/c17-13-7-11(14-8-15(16(20)21)19-9-18-14)2-1-10(13)5-6-22-12-3-4-12/h1-2,7-9,12H,3-6H2,(H,20,21). The second kappa shape index (κ2) is 6.42. The lowest BCUT2D eigenvalue weighted by atomic mass is 10.1. The molecule has 3 rings (SSSR count). The summed E-state index contributed by atoms with van der Waals surface area (Å²) in [7, 11) is 0. The van der Waals surface area contributed by atoms with E-state index in [9.17, 15) is 4.79 Å². The Morgan fingerprint density at radius 2 is 2.14 bits per heavy atom. The van der Waals surface area contributed by atoms with Gasteiger partial charge in [0, 0.05) is 10.6 Å². The summed E-state index contributed by atoms with van der Waals surface area (Å²) in [6.07, 6.45) is 4.76. The fourth-order valence-corrected chi connectivity index (χ4v) is 2.39. The summed E-state index contributed by atoms with van der Waals surface area (Å²) in [5, 5.41) is 9.60. The van der Waals surface area contributed by atoms with Gasteiger partial charge in [-0.1, -0.05) is 23.7 Å². The fourth-order valence-electron chi connectivity index (χ4n) is 2.11. The van der Waals surface area contributed by atoms with Gasteiger partial charge in [-0.3, -0.25) is 0 Å². The molecule has 0 bridgehead atoms. The maximum atomic E-state index is 11.0. The van der Waals surface area contributed by atoms with Gasteiger partial charge in [-0.2, -0.15) is 0 Å². The molecule has 1 aliphatic carbocycles. The highest BCUT2D eigenvalue weighted by Gasteiger charge is 2.21. The molecule has 0 unspecified atom stereocenters. The number of hydrogen-bond acceptors (Lipinski definition) is 4. The molecule has 1 fully saturated rings. The minimum absolute atomic E-state index is 0.0389. The van der Waals surface area contributed by atoms with Crippen molar-refractivity contribution in [3.05, 3.63) is 46.9 Å². The summed E-state index contributed by atoms with van der Waals surface area (Å²) in [5.41, 5.74) is 2.28. The summed E-state index contributed by atoms with van der Waals surface area (Å²) in [6.45, 7) is 0.667. The van der Waals surface area contributed by atoms with Gasteiger partial charge in [-0.15, -0.1) is 0 Å². The highest BCUT2D eigenvalue weighted by atomic mass is 35.5. The molecule has 0 saturated heterocycles. The molecule has 2 aromatic rings. The number of benzene rings is 1. The van der Waals surface area contributed by atoms with E-state index in [1.165, 1.54) is 12.4 Å². The van der Waals surface area contributed by atoms with E-state index in [0.29, 0.717) is 23.4 Å². The molecule has 6 heteroatoms. The number of ether oxygens (including phenoxy) is 1. The molecule has 0 atom stereocenters. The first-order valence-electron chi connectivity index (χ1n) is 7.09. The second-order valence-corrected chi connectivity index (χ2v) is 5.63. The predicted octanol–water partition coefficient (Wildman–Crippen LogP) is 3.22. The predicted molar refractivity (Wildman–Crippen MR) is 82.1 cm³/mol. The molecule has 0 radical (unpaired) electrons. The first kappa shape index (κ1) is 14.9. The topological polar surface area (TPSA) is 72.3 Å². The van der Waals surface area contributed by atoms with Crippen molar-refractivity contribution in [3.63, 3.8) is 0 Å². The number of halogens is 1. The minimum Gasteiger partial charge on any atom is -0.477 e. The van der Waals surface area contributed by atoms with Crippen LogP contribution in [0.1, 0.15) is 28.9 Å². The van der Waals surface area contributed by atoms with Crippen molar-refractivity contribution in [3.8, 4) is 11.3 Å². The van der Waals surface area contributed by atoms with E-state index in [1.807, 2.05) is 12.1 Å². The van der Waals surface area contributed by atoms with Gasteiger partial charge in [0.05, 0.1) is 18.4 Å². The van der Waals surface area contributed by atoms with Gasteiger partial charge >= 0.3 is 5.97 Å². The van der Waals surface area contributed by atoms with Crippen LogP contribution in [0, 0.1) is 0 Å². The van der Waals surface area contributed by atoms with E-state index in [-0.39, 0.29) is 5.69 Å². The molecule has 1 N–H and O–H groups in total. The number of nitrogens with zero attached hydrogens (tertiary/aromatic N) is 2. The minimum atomic E-state index is -1.08. The van der Waals surface area contributed by atoms with Crippen LogP contribution < -0.4 is 0 Å². The number of carboxylic acids is 1. The lowest BCUT2D eigenvalue weighted by Gasteiger charge is -2.08. The summed E-state index contributed by atoms with van der Waals surface area (Å²) in [4.78, 5) is 18.8. The Morgan fingerprint density at radius 1 is 1.32 bits per heavy atom. The van der Waals surface area contributed by atoms with Crippen molar-refractivity contribution in [2.75, 3.05) is 6.61 Å². The van der Waals surface area contributed by atoms with E-state index in [1.54, 1.807) is 6.07 Å². The summed E-state index contributed by atoms with van der Waals surface area (Å²) < 4.78 is 5.62. The molecule has 1 aromatic carbocycles. The van der Waals surface area contributed by atoms with Crippen LogP contribution in [-0.4, -0.2) is 33.8 Å². The smallest absolute Gasteiger partial charge is 0.354 e. The largest absolute Gasteiger partial charge is 0.477 e. The van der Waals surface area contributed by atoms with Crippen molar-refractivity contribution < 1.29 is 14.6 Å². The molecule has 0 aliphatic heterocycles. The molecule has 1 aromatic heterocycles. The number of carboxylic acid groups (broad SMARTS) is 1. The van der Waals surface area contributed by atoms with Crippen LogP contribution in [0.3, 0.4) is 0 Å². The van der Waals surface area contributed by atoms with Crippen molar-refractivity contribution in [2.24, 2.45) is 0 Å². The molecular weight excluding hydrogens is 304 g/mol. The van der Waals surface area contributed by atoms with Crippen LogP contribution in [0.5, 0.6) is 0 Å². The zero-order valence-electron chi connectivity index (χ0n) is 11.8. The fraction of sp³-hybridized carbons (Fsp3) is 0.312. The second-order valence-electron chi connectivity index (χ2n) is 5.22. The molecule has 1 heterocycles. The number of aromatic nitrogens is 2. The molecule has 1 saturated carbocycles. The quantitative estimate of drug-likeness (QED) is 0.885. The highest BCUT2D eigenvalue weighted by Crippen LogP contribution is 2.27. The first-order valence-corrected chi connectivity index (χ1v) is 7.47. The Kier molecular flexibility index (Phi) is 4.36. The van der Waals surface area contributed by atoms with Gasteiger partial charge in [0.25, 0.3) is 0 Å². The third-order valence-corrected chi connectivity index (χ3v) is 3.84. The van der Waals surface area contributed by atoms with Crippen LogP contribution in [0.4, 0.5) is 0 Å². The SMILES string of the molecule is O=C(O)c1cc(-c2ccc(CCOC3CC3)c(Cl)c2)ncn1. The first-order chi connectivity index (χ1) is 10.6. The van der Waals surface area contributed by atoms with E-state index < -0.39 is 5.97 Å². The number of rotatable bonds is 6. The Labute approximate surface area is 132 Å². The Balaban J connectivity index is 1.75. The Hall–Kier alpha value is -1.98. The third kappa shape index (κ3) is 3.61. The van der Waals surface area contributed by atoms with E-state index >= 15 is 0 Å². The van der Waals surface area contributed by atoms with E-state index in [0.717, 1.165) is 30.4 Å². The average molecular weight is 319 g/mol. The van der Waals surface area contributed by atoms with Crippen molar-refractivity contribution in [1.82, 2.24) is 9.97 Å². The molecule has 0 spiro atoms. The van der Waals surface area contributed by atoms with Crippen molar-refractivity contribution >= 4 is 17.6 Å². The highest BCUT2D eigenvalue weighted by molar-refractivity contribution is 6.31. The molecule has 22 heavy (non-hydrogen) atoms. The average Bonchev–Trinajstić information content (AvgIpc) is 3.33. The maximum Gasteiger partial charge on any atom is 0.354 e. The molecule has 5 nitrogen and oxygen atoms in total. The summed E-state index contributed by atoms with van der Waals surface area (Å²) in [5.74, 6) is -1.08. The molecular formula is C16H15ClN2O3. The molecule has 1 aliphatic rings. The van der Waals surface area contributed by atoms with E-state index in [4.69, 9.17) is 21.4 Å². The van der Waals surface area contributed by atoms with Crippen LogP contribution >= 0.6 is 11.6 Å². The Bertz CT molecular complexity index is 702. The van der Waals surface area contributed by atoms with Crippen molar-refractivity contribution in [2.45, 2.75) is 25.4 Å². The lowest BCUT2D eigenvalue weighted by molar-refractivity contribution is 0.0690. The van der Waals surface area contributed by atoms with Gasteiger partial charge in [-0.25, -0.2) is 14.8 Å². The van der Waals surface area contributed by atoms with Gasteiger partial charge in [0.15, 0.2) is 5.69 Å². The lowest BCUT2D eigenvalue weighted by Crippen LogP contribution is -2.02. The maximum absolute atomic E-state index is 11.0. The normalized spacial score (nSPS) is 14.0. The van der Waals surface area contributed by atoms with Crippen LogP contribution in [-0.2, 0) is 11.2 Å². The molecule has 114 valence electrons. The van der Waals surface area contributed by atoms with Gasteiger partial charge in [0.2, 0.25) is 0 Å². The Morgan fingerprint density at radius 3 is 2.82 bits per heavy atom. The number of carbonyl (C=O) groups is 1. The number of aromatic carboxylic acids is 1. The molecule has 0 amide bonds. The number of hydrogen-bond donors (Lipinski definition) is 1. The summed E-state index contributed by atoms with van der Waals surface area (Å²) >= 11 is 6.30. The zero-order chi connectivity index (χ0) is 15.5. The summed E-state index contributed by atoms with van der Waals surface area (Å²) in [6, 6.07) is 7.04. The zero-order valence-corrected chi connectivity index (χ0v) is 12.6. The van der Waals surface area contributed by atoms with Gasteiger partial charge in [-0.05, 0) is 37.0 Å². The monoisotopic (exact) mass is 318 g/mol. The van der Waals surface area contributed by atoms with Crippen LogP contribution in [0.25, 0.3) is 11.3 Å². The van der Waals surface area contributed by atoms with Crippen LogP contribution in [0.15, 0.2) is 30.6 Å². The van der Waals surface area contributed by atoms with E-state index in [2.05, 4.69) is 9.97 Å².